The van der Waals surface area contributed by atoms with Gasteiger partial charge >= 0.3 is 0 Å². The van der Waals surface area contributed by atoms with Crippen molar-refractivity contribution >= 4 is 5.91 Å². The molecule has 168 valence electrons. The van der Waals surface area contributed by atoms with E-state index in [0.29, 0.717) is 24.9 Å². The van der Waals surface area contributed by atoms with Gasteiger partial charge in [0.15, 0.2) is 11.4 Å². The van der Waals surface area contributed by atoms with E-state index >= 15 is 0 Å². The third-order valence-electron chi connectivity index (χ3n) is 5.31. The van der Waals surface area contributed by atoms with Gasteiger partial charge in [-0.25, -0.2) is 8.78 Å². The molecule has 0 bridgehead atoms. The van der Waals surface area contributed by atoms with E-state index in [-0.39, 0.29) is 23.7 Å². The van der Waals surface area contributed by atoms with Gasteiger partial charge in [-0.05, 0) is 35.6 Å². The van der Waals surface area contributed by atoms with Crippen LogP contribution in [0.4, 0.5) is 8.78 Å². The minimum Gasteiger partial charge on any atom is -0.502 e. The molecule has 0 spiro atoms. The molecule has 3 aromatic rings. The zero-order valence-electron chi connectivity index (χ0n) is 17.7. The van der Waals surface area contributed by atoms with Gasteiger partial charge in [0, 0.05) is 19.0 Å². The van der Waals surface area contributed by atoms with Crippen LogP contribution in [0.3, 0.4) is 0 Å². The second kappa shape index (κ2) is 10.7. The number of nitrogens with zero attached hydrogens (tertiary/aromatic N) is 2. The fourth-order valence-corrected chi connectivity index (χ4v) is 3.69. The van der Waals surface area contributed by atoms with E-state index < -0.39 is 29.6 Å². The maximum Gasteiger partial charge on any atom is 0.275 e. The topological polar surface area (TPSA) is 86.3 Å². The zero-order chi connectivity index (χ0) is 23.1. The Balaban J connectivity index is 1.90. The molecule has 0 aliphatic heterocycles. The number of aromatic amines is 1. The molecule has 1 unspecified atom stereocenters. The summed E-state index contributed by atoms with van der Waals surface area (Å²) in [5.41, 5.74) is 0.508. The third-order valence-corrected chi connectivity index (χ3v) is 5.31. The van der Waals surface area contributed by atoms with Gasteiger partial charge in [-0.3, -0.25) is 14.7 Å². The molecule has 0 aliphatic rings. The summed E-state index contributed by atoms with van der Waals surface area (Å²) in [5.74, 6) is -2.12. The third kappa shape index (κ3) is 5.19. The zero-order valence-corrected chi connectivity index (χ0v) is 17.7. The largest absolute Gasteiger partial charge is 0.502 e. The highest BCUT2D eigenvalue weighted by atomic mass is 19.1. The number of aromatic hydroxyl groups is 1. The van der Waals surface area contributed by atoms with Crippen molar-refractivity contribution in [3.05, 3.63) is 93.2 Å². The number of nitrogens with one attached hydrogen (secondary N) is 1. The predicted octanol–water partition coefficient (Wildman–Crippen LogP) is 4.16. The first-order valence-corrected chi connectivity index (χ1v) is 10.4. The SMILES string of the molecule is CCCN(CCC(c1ccccc1)c1ccc(CF)cc1F)C(=O)c1[nH]ncc(=O)c1O. The van der Waals surface area contributed by atoms with E-state index in [9.17, 15) is 23.5 Å². The normalized spacial score (nSPS) is 11.8. The lowest BCUT2D eigenvalue weighted by atomic mass is 9.87. The first-order chi connectivity index (χ1) is 15.5. The van der Waals surface area contributed by atoms with Gasteiger partial charge in [0.25, 0.3) is 5.91 Å². The first kappa shape index (κ1) is 23.1. The first-order valence-electron chi connectivity index (χ1n) is 10.4. The lowest BCUT2D eigenvalue weighted by Gasteiger charge is -2.26. The molecular formula is C24H25F2N3O3. The maximum atomic E-state index is 14.8. The standard InChI is InChI=1S/C24H25F2N3O3/c1-2-11-29(24(32)22-23(31)21(30)15-27-28-22)12-10-18(17-6-4-3-5-7-17)19-9-8-16(14-25)13-20(19)26/h3-9,13,15,18H,2,10-12,14H2,1H3,(H,27,31)(H,28,30). The molecule has 0 saturated carbocycles. The van der Waals surface area contributed by atoms with Crippen molar-refractivity contribution in [2.24, 2.45) is 0 Å². The maximum absolute atomic E-state index is 14.8. The van der Waals surface area contributed by atoms with Crippen LogP contribution in [0.5, 0.6) is 5.75 Å². The Bertz CT molecular complexity index is 1120. The molecule has 2 aromatic carbocycles. The molecule has 1 heterocycles. The van der Waals surface area contributed by atoms with Crippen LogP contribution in [-0.2, 0) is 6.67 Å². The van der Waals surface area contributed by atoms with Crippen LogP contribution in [0, 0.1) is 5.82 Å². The van der Waals surface area contributed by atoms with E-state index in [1.807, 2.05) is 37.3 Å². The summed E-state index contributed by atoms with van der Waals surface area (Å²) < 4.78 is 27.8. The number of rotatable bonds is 9. The highest BCUT2D eigenvalue weighted by Crippen LogP contribution is 2.31. The second-order valence-corrected chi connectivity index (χ2v) is 7.49. The van der Waals surface area contributed by atoms with E-state index in [2.05, 4.69) is 10.2 Å². The van der Waals surface area contributed by atoms with Gasteiger partial charge in [0.05, 0.1) is 6.20 Å². The Hall–Kier alpha value is -3.55. The minimum absolute atomic E-state index is 0.243. The van der Waals surface area contributed by atoms with Crippen LogP contribution in [-0.4, -0.2) is 39.2 Å². The number of aromatic nitrogens is 2. The minimum atomic E-state index is -0.751. The Morgan fingerprint density at radius 1 is 1.19 bits per heavy atom. The average Bonchev–Trinajstić information content (AvgIpc) is 2.81. The lowest BCUT2D eigenvalue weighted by molar-refractivity contribution is 0.0741. The molecule has 32 heavy (non-hydrogen) atoms. The summed E-state index contributed by atoms with van der Waals surface area (Å²) in [6.45, 7) is 1.77. The van der Waals surface area contributed by atoms with E-state index in [1.165, 1.54) is 11.0 Å². The number of carbonyl (C=O) groups is 1. The summed E-state index contributed by atoms with van der Waals surface area (Å²) in [7, 11) is 0. The fourth-order valence-electron chi connectivity index (χ4n) is 3.69. The Morgan fingerprint density at radius 3 is 2.59 bits per heavy atom. The van der Waals surface area contributed by atoms with Crippen LogP contribution in [0.1, 0.15) is 52.9 Å². The molecule has 1 atom stereocenters. The van der Waals surface area contributed by atoms with Gasteiger partial charge in [0.2, 0.25) is 5.43 Å². The lowest BCUT2D eigenvalue weighted by Crippen LogP contribution is -2.35. The number of alkyl halides is 1. The molecule has 3 rings (SSSR count). The molecular weight excluding hydrogens is 416 g/mol. The van der Waals surface area contributed by atoms with Crippen molar-refractivity contribution in [1.29, 1.82) is 0 Å². The van der Waals surface area contributed by atoms with Crippen molar-refractivity contribution < 1.29 is 18.7 Å². The van der Waals surface area contributed by atoms with Crippen LogP contribution in [0.15, 0.2) is 59.5 Å². The Labute approximate surface area is 184 Å². The van der Waals surface area contributed by atoms with Gasteiger partial charge in [-0.1, -0.05) is 49.4 Å². The second-order valence-electron chi connectivity index (χ2n) is 7.49. The van der Waals surface area contributed by atoms with Crippen LogP contribution >= 0.6 is 0 Å². The summed E-state index contributed by atoms with van der Waals surface area (Å²) in [4.78, 5) is 26.2. The summed E-state index contributed by atoms with van der Waals surface area (Å²) in [6.07, 6.45) is 1.92. The molecule has 0 fully saturated rings. The number of amides is 1. The average molecular weight is 441 g/mol. The highest BCUT2D eigenvalue weighted by molar-refractivity contribution is 5.94. The summed E-state index contributed by atoms with van der Waals surface area (Å²) >= 11 is 0. The van der Waals surface area contributed by atoms with Gasteiger partial charge in [-0.15, -0.1) is 0 Å². The molecule has 0 saturated heterocycles. The monoisotopic (exact) mass is 441 g/mol. The number of benzene rings is 2. The van der Waals surface area contributed by atoms with E-state index in [4.69, 9.17) is 0 Å². The van der Waals surface area contributed by atoms with Crippen molar-refractivity contribution in [1.82, 2.24) is 15.1 Å². The Morgan fingerprint density at radius 2 is 1.94 bits per heavy atom. The fraction of sp³-hybridized carbons (Fsp3) is 0.292. The Kier molecular flexibility index (Phi) is 7.70. The molecule has 0 aliphatic carbocycles. The van der Waals surface area contributed by atoms with E-state index in [0.717, 1.165) is 11.8 Å². The molecule has 2 N–H and O–H groups in total. The molecule has 8 heteroatoms. The number of hydrogen-bond acceptors (Lipinski definition) is 4. The van der Waals surface area contributed by atoms with E-state index in [1.54, 1.807) is 12.1 Å². The number of H-pyrrole nitrogens is 1. The quantitative estimate of drug-likeness (QED) is 0.522. The summed E-state index contributed by atoms with van der Waals surface area (Å²) in [6, 6.07) is 13.6. The van der Waals surface area contributed by atoms with Crippen LogP contribution in [0.25, 0.3) is 0 Å². The van der Waals surface area contributed by atoms with Gasteiger partial charge in [0.1, 0.15) is 12.5 Å². The number of hydrogen-bond donors (Lipinski definition) is 2. The van der Waals surface area contributed by atoms with Crippen molar-refractivity contribution in [3.63, 3.8) is 0 Å². The number of halogens is 2. The molecule has 1 amide bonds. The highest BCUT2D eigenvalue weighted by Gasteiger charge is 2.24. The van der Waals surface area contributed by atoms with Crippen molar-refractivity contribution in [2.45, 2.75) is 32.4 Å². The number of carbonyl (C=O) groups excluding carboxylic acids is 1. The summed E-state index contributed by atoms with van der Waals surface area (Å²) in [5, 5.41) is 16.0. The van der Waals surface area contributed by atoms with Crippen LogP contribution in [0.2, 0.25) is 0 Å². The molecule has 6 nitrogen and oxygen atoms in total. The van der Waals surface area contributed by atoms with Crippen LogP contribution < -0.4 is 5.43 Å². The predicted molar refractivity (Wildman–Crippen MR) is 117 cm³/mol. The smallest absolute Gasteiger partial charge is 0.275 e. The van der Waals surface area contributed by atoms with Gasteiger partial charge < -0.3 is 10.0 Å². The molecule has 1 aromatic heterocycles. The molecule has 0 radical (unpaired) electrons. The van der Waals surface area contributed by atoms with Gasteiger partial charge in [-0.2, -0.15) is 5.10 Å². The van der Waals surface area contributed by atoms with Crippen molar-refractivity contribution in [2.75, 3.05) is 13.1 Å². The van der Waals surface area contributed by atoms with Crippen molar-refractivity contribution in [3.8, 4) is 5.75 Å².